The molecule has 0 spiro atoms. The number of carbonyl (C=O) groups is 3. The molecule has 0 aliphatic carbocycles. The number of fused-ring (bicyclic) bond motifs is 1. The van der Waals surface area contributed by atoms with Crippen molar-refractivity contribution in [1.82, 2.24) is 20.0 Å². The van der Waals surface area contributed by atoms with Gasteiger partial charge in [0.15, 0.2) is 0 Å². The van der Waals surface area contributed by atoms with Crippen LogP contribution in [0.3, 0.4) is 0 Å². The number of halogens is 1. The zero-order valence-electron chi connectivity index (χ0n) is 18.6. The molecule has 8 nitrogen and oxygen atoms in total. The van der Waals surface area contributed by atoms with Crippen LogP contribution in [-0.4, -0.2) is 46.5 Å². The quantitative estimate of drug-likeness (QED) is 0.626. The van der Waals surface area contributed by atoms with Gasteiger partial charge in [0.1, 0.15) is 12.4 Å². The van der Waals surface area contributed by atoms with Crippen LogP contribution in [0, 0.1) is 12.7 Å². The van der Waals surface area contributed by atoms with Gasteiger partial charge < -0.3 is 15.5 Å². The van der Waals surface area contributed by atoms with Gasteiger partial charge in [0.25, 0.3) is 5.91 Å². The highest BCUT2D eigenvalue weighted by molar-refractivity contribution is 6.07. The Kier molecular flexibility index (Phi) is 5.95. The minimum Gasteiger partial charge on any atom is -0.358 e. The molecule has 0 saturated heterocycles. The lowest BCUT2D eigenvalue weighted by Gasteiger charge is -2.28. The van der Waals surface area contributed by atoms with Crippen molar-refractivity contribution >= 4 is 34.3 Å². The fourth-order valence-electron chi connectivity index (χ4n) is 3.92. The lowest BCUT2D eigenvalue weighted by Crippen LogP contribution is -2.33. The summed E-state index contributed by atoms with van der Waals surface area (Å²) in [6.45, 7) is 1.93. The summed E-state index contributed by atoms with van der Waals surface area (Å²) in [5, 5.41) is 10.6. The minimum absolute atomic E-state index is 0.0567. The average molecular weight is 449 g/mol. The van der Waals surface area contributed by atoms with E-state index < -0.39 is 5.92 Å². The number of benzene rings is 2. The number of amides is 3. The number of aromatic nitrogens is 2. The molecular weight excluding hydrogens is 425 g/mol. The van der Waals surface area contributed by atoms with E-state index in [-0.39, 0.29) is 36.5 Å². The molecule has 2 N–H and O–H groups in total. The SMILES string of the molecule is CNC(=O)Cn1ncc2cc(C)c(NC(=O)C3=CN(C)C(=O)CC3c3ccc(F)cc3)cc21. The molecular formula is C24H24FN5O3. The average Bonchev–Trinajstić information content (AvgIpc) is 3.17. The summed E-state index contributed by atoms with van der Waals surface area (Å²) in [5.74, 6) is -1.55. The van der Waals surface area contributed by atoms with Crippen LogP contribution in [0.4, 0.5) is 10.1 Å². The summed E-state index contributed by atoms with van der Waals surface area (Å²) in [5.41, 5.74) is 3.20. The normalized spacial score (nSPS) is 16.0. The third-order valence-electron chi connectivity index (χ3n) is 5.82. The fraction of sp³-hybridized carbons (Fsp3) is 0.250. The fourth-order valence-corrected chi connectivity index (χ4v) is 3.92. The second-order valence-electron chi connectivity index (χ2n) is 8.05. The highest BCUT2D eigenvalue weighted by atomic mass is 19.1. The van der Waals surface area contributed by atoms with E-state index in [0.717, 1.165) is 10.9 Å². The van der Waals surface area contributed by atoms with Gasteiger partial charge in [-0.05, 0) is 42.3 Å². The predicted octanol–water partition coefficient (Wildman–Crippen LogP) is 2.70. The zero-order chi connectivity index (χ0) is 23.7. The van der Waals surface area contributed by atoms with Gasteiger partial charge in [-0.15, -0.1) is 0 Å². The molecule has 1 aliphatic heterocycles. The molecule has 1 atom stereocenters. The second-order valence-corrected chi connectivity index (χ2v) is 8.05. The van der Waals surface area contributed by atoms with Crippen molar-refractivity contribution in [2.45, 2.75) is 25.8 Å². The first kappa shape index (κ1) is 22.2. The number of likely N-dealkylation sites (N-methyl/N-ethyl adjacent to an activating group) is 1. The largest absolute Gasteiger partial charge is 0.358 e. The summed E-state index contributed by atoms with van der Waals surface area (Å²) in [7, 11) is 3.16. The smallest absolute Gasteiger partial charge is 0.253 e. The molecule has 2 heterocycles. The van der Waals surface area contributed by atoms with Crippen LogP contribution < -0.4 is 10.6 Å². The highest BCUT2D eigenvalue weighted by Gasteiger charge is 2.31. The van der Waals surface area contributed by atoms with E-state index in [1.165, 1.54) is 23.2 Å². The van der Waals surface area contributed by atoms with E-state index in [4.69, 9.17) is 0 Å². The molecule has 1 aromatic heterocycles. The molecule has 1 unspecified atom stereocenters. The van der Waals surface area contributed by atoms with Crippen LogP contribution in [0.1, 0.15) is 23.5 Å². The second kappa shape index (κ2) is 8.85. The van der Waals surface area contributed by atoms with Crippen molar-refractivity contribution < 1.29 is 18.8 Å². The molecule has 0 saturated carbocycles. The number of hydrogen-bond acceptors (Lipinski definition) is 4. The van der Waals surface area contributed by atoms with Crippen molar-refractivity contribution in [2.24, 2.45) is 0 Å². The van der Waals surface area contributed by atoms with Crippen LogP contribution in [0.25, 0.3) is 10.9 Å². The Balaban J connectivity index is 1.66. The number of nitrogens with zero attached hydrogens (tertiary/aromatic N) is 3. The third kappa shape index (κ3) is 4.48. The van der Waals surface area contributed by atoms with E-state index >= 15 is 0 Å². The maximum atomic E-state index is 13.4. The Morgan fingerprint density at radius 2 is 1.94 bits per heavy atom. The Morgan fingerprint density at radius 1 is 1.21 bits per heavy atom. The van der Waals surface area contributed by atoms with E-state index in [2.05, 4.69) is 15.7 Å². The maximum Gasteiger partial charge on any atom is 0.253 e. The summed E-state index contributed by atoms with van der Waals surface area (Å²) in [6, 6.07) is 9.49. The van der Waals surface area contributed by atoms with E-state index in [1.807, 2.05) is 13.0 Å². The van der Waals surface area contributed by atoms with Crippen LogP contribution in [0.2, 0.25) is 0 Å². The molecule has 9 heteroatoms. The first-order chi connectivity index (χ1) is 15.8. The van der Waals surface area contributed by atoms with Gasteiger partial charge in [-0.3, -0.25) is 19.1 Å². The first-order valence-corrected chi connectivity index (χ1v) is 10.5. The van der Waals surface area contributed by atoms with E-state index in [0.29, 0.717) is 22.3 Å². The molecule has 2 aromatic carbocycles. The summed E-state index contributed by atoms with van der Waals surface area (Å²) >= 11 is 0. The Hall–Kier alpha value is -4.01. The standard InChI is InChI=1S/C24H24FN5O3/c1-14-8-16-11-27-30(13-22(31)26-2)21(16)10-20(14)28-24(33)19-12-29(3)23(32)9-18(19)15-4-6-17(25)7-5-15/h4-8,10-12,18H,9,13H2,1-3H3,(H,26,31)(H,28,33). The van der Waals surface area contributed by atoms with Gasteiger partial charge in [0.05, 0.1) is 11.7 Å². The number of anilines is 1. The van der Waals surface area contributed by atoms with Gasteiger partial charge in [-0.25, -0.2) is 4.39 Å². The molecule has 0 radical (unpaired) electrons. The first-order valence-electron chi connectivity index (χ1n) is 10.5. The molecule has 3 amide bonds. The van der Waals surface area contributed by atoms with Gasteiger partial charge in [0.2, 0.25) is 11.8 Å². The topological polar surface area (TPSA) is 96.3 Å². The lowest BCUT2D eigenvalue weighted by molar-refractivity contribution is -0.128. The number of aryl methyl sites for hydroxylation is 1. The summed E-state index contributed by atoms with van der Waals surface area (Å²) < 4.78 is 15.0. The van der Waals surface area contributed by atoms with E-state index in [1.54, 1.807) is 43.2 Å². The summed E-state index contributed by atoms with van der Waals surface area (Å²) in [6.07, 6.45) is 3.31. The maximum absolute atomic E-state index is 13.4. The van der Waals surface area contributed by atoms with Crippen LogP contribution >= 0.6 is 0 Å². The van der Waals surface area contributed by atoms with E-state index in [9.17, 15) is 18.8 Å². The molecule has 3 aromatic rings. The summed E-state index contributed by atoms with van der Waals surface area (Å²) in [4.78, 5) is 38.8. The number of rotatable bonds is 5. The number of carbonyl (C=O) groups excluding carboxylic acids is 3. The monoisotopic (exact) mass is 449 g/mol. The van der Waals surface area contributed by atoms with Gasteiger partial charge in [-0.1, -0.05) is 12.1 Å². The molecule has 4 rings (SSSR count). The minimum atomic E-state index is -0.489. The third-order valence-corrected chi connectivity index (χ3v) is 5.82. The Bertz CT molecular complexity index is 1280. The van der Waals surface area contributed by atoms with Gasteiger partial charge in [0, 0.05) is 49.3 Å². The van der Waals surface area contributed by atoms with Crippen LogP contribution in [0.5, 0.6) is 0 Å². The van der Waals surface area contributed by atoms with Crippen LogP contribution in [-0.2, 0) is 20.9 Å². The van der Waals surface area contributed by atoms with Crippen molar-refractivity contribution in [3.8, 4) is 0 Å². The van der Waals surface area contributed by atoms with Crippen molar-refractivity contribution in [2.75, 3.05) is 19.4 Å². The molecule has 0 fully saturated rings. The molecule has 33 heavy (non-hydrogen) atoms. The lowest BCUT2D eigenvalue weighted by atomic mass is 9.85. The highest BCUT2D eigenvalue weighted by Crippen LogP contribution is 2.34. The molecule has 170 valence electrons. The van der Waals surface area contributed by atoms with Crippen molar-refractivity contribution in [3.05, 3.63) is 71.3 Å². The van der Waals surface area contributed by atoms with Gasteiger partial charge in [-0.2, -0.15) is 5.10 Å². The van der Waals surface area contributed by atoms with Crippen LogP contribution in [0.15, 0.2) is 54.4 Å². The van der Waals surface area contributed by atoms with Crippen molar-refractivity contribution in [1.29, 1.82) is 0 Å². The Labute approximate surface area is 190 Å². The van der Waals surface area contributed by atoms with Crippen molar-refractivity contribution in [3.63, 3.8) is 0 Å². The molecule has 0 bridgehead atoms. The van der Waals surface area contributed by atoms with Gasteiger partial charge >= 0.3 is 0 Å². The Morgan fingerprint density at radius 3 is 2.64 bits per heavy atom. The predicted molar refractivity (Wildman–Crippen MR) is 122 cm³/mol. The molecule has 1 aliphatic rings. The number of nitrogens with one attached hydrogen (secondary N) is 2. The number of hydrogen-bond donors (Lipinski definition) is 2. The zero-order valence-corrected chi connectivity index (χ0v) is 18.6.